The third-order valence-electron chi connectivity index (χ3n) is 2.04. The lowest BCUT2D eigenvalue weighted by Crippen LogP contribution is -2.29. The van der Waals surface area contributed by atoms with Crippen molar-refractivity contribution in [1.29, 1.82) is 0 Å². The van der Waals surface area contributed by atoms with Crippen LogP contribution in [0.15, 0.2) is 18.2 Å². The third kappa shape index (κ3) is 4.05. The number of rotatable bonds is 4. The molecule has 2 amide bonds. The summed E-state index contributed by atoms with van der Waals surface area (Å²) in [5, 5.41) is 22.3. The van der Waals surface area contributed by atoms with Gasteiger partial charge in [-0.3, -0.25) is 0 Å². The molecule has 0 heterocycles. The van der Waals surface area contributed by atoms with Crippen molar-refractivity contribution in [3.8, 4) is 12.3 Å². The van der Waals surface area contributed by atoms with Gasteiger partial charge < -0.3 is 20.8 Å². The number of urea groups is 1. The van der Waals surface area contributed by atoms with Gasteiger partial charge in [-0.2, -0.15) is 0 Å². The minimum absolute atomic E-state index is 0.00373. The summed E-state index contributed by atoms with van der Waals surface area (Å²) in [5.41, 5.74) is -0.439. The van der Waals surface area contributed by atoms with Crippen molar-refractivity contribution >= 4 is 23.7 Å². The molecule has 1 aromatic rings. The van der Waals surface area contributed by atoms with E-state index in [1.807, 2.05) is 0 Å². The minimum Gasteiger partial charge on any atom is -0.478 e. The highest BCUT2D eigenvalue weighted by molar-refractivity contribution is 5.98. The first kappa shape index (κ1) is 14.1. The van der Waals surface area contributed by atoms with E-state index >= 15 is 0 Å². The SMILES string of the molecule is C#CCNC(=O)Nc1cc(C(=O)O)cc(C(=O)O)c1. The summed E-state index contributed by atoms with van der Waals surface area (Å²) < 4.78 is 0. The second-order valence-electron chi connectivity index (χ2n) is 3.42. The number of terminal acetylenes is 1. The monoisotopic (exact) mass is 262 g/mol. The lowest BCUT2D eigenvalue weighted by atomic mass is 10.1. The molecule has 0 saturated heterocycles. The summed E-state index contributed by atoms with van der Waals surface area (Å²) in [4.78, 5) is 33.0. The Hall–Kier alpha value is -3.01. The zero-order valence-electron chi connectivity index (χ0n) is 9.64. The molecule has 0 bridgehead atoms. The topological polar surface area (TPSA) is 116 Å². The van der Waals surface area contributed by atoms with Gasteiger partial charge in [-0.05, 0) is 18.2 Å². The van der Waals surface area contributed by atoms with Crippen LogP contribution in [-0.2, 0) is 0 Å². The van der Waals surface area contributed by atoms with Crippen LogP contribution in [0.2, 0.25) is 0 Å². The lowest BCUT2D eigenvalue weighted by molar-refractivity contribution is 0.0696. The lowest BCUT2D eigenvalue weighted by Gasteiger charge is -2.07. The molecule has 0 unspecified atom stereocenters. The molecule has 1 rings (SSSR count). The number of anilines is 1. The fourth-order valence-electron chi connectivity index (χ4n) is 1.25. The molecule has 0 aliphatic heterocycles. The van der Waals surface area contributed by atoms with Crippen LogP contribution in [0, 0.1) is 12.3 Å². The number of hydrogen-bond donors (Lipinski definition) is 4. The normalized spacial score (nSPS) is 9.21. The van der Waals surface area contributed by atoms with Crippen molar-refractivity contribution < 1.29 is 24.6 Å². The molecule has 0 spiro atoms. The Labute approximate surface area is 108 Å². The zero-order valence-corrected chi connectivity index (χ0v) is 9.64. The maximum atomic E-state index is 11.3. The average Bonchev–Trinajstić information content (AvgIpc) is 2.35. The first-order valence-electron chi connectivity index (χ1n) is 5.04. The number of carbonyl (C=O) groups excluding carboxylic acids is 1. The van der Waals surface area contributed by atoms with Gasteiger partial charge in [-0.25, -0.2) is 14.4 Å². The van der Waals surface area contributed by atoms with E-state index in [1.165, 1.54) is 0 Å². The quantitative estimate of drug-likeness (QED) is 0.600. The van der Waals surface area contributed by atoms with E-state index < -0.39 is 18.0 Å². The molecule has 7 nitrogen and oxygen atoms in total. The second-order valence-corrected chi connectivity index (χ2v) is 3.42. The maximum Gasteiger partial charge on any atom is 0.335 e. The number of nitrogens with one attached hydrogen (secondary N) is 2. The number of amides is 2. The van der Waals surface area contributed by atoms with E-state index in [-0.39, 0.29) is 23.4 Å². The Balaban J connectivity index is 3.00. The summed E-state index contributed by atoms with van der Waals surface area (Å²) >= 11 is 0. The van der Waals surface area contributed by atoms with Crippen LogP contribution in [0.1, 0.15) is 20.7 Å². The van der Waals surface area contributed by atoms with Crippen LogP contribution >= 0.6 is 0 Å². The Kier molecular flexibility index (Phi) is 4.49. The average molecular weight is 262 g/mol. The predicted molar refractivity (Wildman–Crippen MR) is 66.2 cm³/mol. The van der Waals surface area contributed by atoms with E-state index in [9.17, 15) is 14.4 Å². The molecule has 1 aromatic carbocycles. The van der Waals surface area contributed by atoms with Gasteiger partial charge in [-0.15, -0.1) is 6.42 Å². The van der Waals surface area contributed by atoms with Crippen molar-refractivity contribution in [2.45, 2.75) is 0 Å². The van der Waals surface area contributed by atoms with Crippen LogP contribution < -0.4 is 10.6 Å². The summed E-state index contributed by atoms with van der Waals surface area (Å²) in [5.74, 6) is -0.409. The summed E-state index contributed by atoms with van der Waals surface area (Å²) in [6, 6.07) is 2.63. The molecule has 0 fully saturated rings. The second kappa shape index (κ2) is 6.07. The van der Waals surface area contributed by atoms with E-state index in [0.29, 0.717) is 0 Å². The third-order valence-corrected chi connectivity index (χ3v) is 2.04. The number of hydrogen-bond acceptors (Lipinski definition) is 3. The van der Waals surface area contributed by atoms with Gasteiger partial charge in [0.2, 0.25) is 0 Å². The molecular formula is C12H10N2O5. The van der Waals surface area contributed by atoms with Gasteiger partial charge >= 0.3 is 18.0 Å². The van der Waals surface area contributed by atoms with E-state index in [2.05, 4.69) is 16.6 Å². The zero-order chi connectivity index (χ0) is 14.4. The van der Waals surface area contributed by atoms with E-state index in [0.717, 1.165) is 18.2 Å². The highest BCUT2D eigenvalue weighted by atomic mass is 16.4. The summed E-state index contributed by atoms with van der Waals surface area (Å²) in [6.07, 6.45) is 4.95. The number of carboxylic acid groups (broad SMARTS) is 2. The summed E-state index contributed by atoms with van der Waals surface area (Å²) in [7, 11) is 0. The first-order chi connectivity index (χ1) is 8.93. The Morgan fingerprint density at radius 3 is 2.05 bits per heavy atom. The molecule has 4 N–H and O–H groups in total. The Morgan fingerprint density at radius 2 is 1.63 bits per heavy atom. The first-order valence-corrected chi connectivity index (χ1v) is 5.04. The predicted octanol–water partition coefficient (Wildman–Crippen LogP) is 0.838. The fourth-order valence-corrected chi connectivity index (χ4v) is 1.25. The van der Waals surface area contributed by atoms with Crippen molar-refractivity contribution in [2.24, 2.45) is 0 Å². The molecule has 0 atom stereocenters. The molecule has 19 heavy (non-hydrogen) atoms. The largest absolute Gasteiger partial charge is 0.478 e. The molecular weight excluding hydrogens is 252 g/mol. The van der Waals surface area contributed by atoms with E-state index in [4.69, 9.17) is 16.6 Å². The van der Waals surface area contributed by atoms with Crippen LogP contribution in [0.25, 0.3) is 0 Å². The number of carbonyl (C=O) groups is 3. The maximum absolute atomic E-state index is 11.3. The highest BCUT2D eigenvalue weighted by Gasteiger charge is 2.12. The molecule has 98 valence electrons. The van der Waals surface area contributed by atoms with Crippen LogP contribution in [0.4, 0.5) is 10.5 Å². The van der Waals surface area contributed by atoms with E-state index in [1.54, 1.807) is 0 Å². The molecule has 0 aliphatic carbocycles. The summed E-state index contributed by atoms with van der Waals surface area (Å²) in [6.45, 7) is -0.00373. The molecule has 7 heteroatoms. The highest BCUT2D eigenvalue weighted by Crippen LogP contribution is 2.15. The van der Waals surface area contributed by atoms with Crippen molar-refractivity contribution in [2.75, 3.05) is 11.9 Å². The standard InChI is InChI=1S/C12H10N2O5/c1-2-3-13-12(19)14-9-5-7(10(15)16)4-8(6-9)11(17)18/h1,4-6H,3H2,(H,15,16)(H,17,18)(H2,13,14,19). The number of carboxylic acids is 2. The molecule has 0 saturated carbocycles. The number of benzene rings is 1. The van der Waals surface area contributed by atoms with Crippen molar-refractivity contribution in [3.63, 3.8) is 0 Å². The van der Waals surface area contributed by atoms with Gasteiger partial charge in [0.05, 0.1) is 17.7 Å². The van der Waals surface area contributed by atoms with Gasteiger partial charge in [0.15, 0.2) is 0 Å². The smallest absolute Gasteiger partial charge is 0.335 e. The van der Waals surface area contributed by atoms with Crippen LogP contribution in [0.3, 0.4) is 0 Å². The van der Waals surface area contributed by atoms with Gasteiger partial charge in [0.25, 0.3) is 0 Å². The molecule has 0 radical (unpaired) electrons. The van der Waals surface area contributed by atoms with Gasteiger partial charge in [0.1, 0.15) is 0 Å². The Morgan fingerprint density at radius 1 is 1.11 bits per heavy atom. The molecule has 0 aromatic heterocycles. The van der Waals surface area contributed by atoms with Crippen molar-refractivity contribution in [3.05, 3.63) is 29.3 Å². The van der Waals surface area contributed by atoms with Crippen molar-refractivity contribution in [1.82, 2.24) is 5.32 Å². The fraction of sp³-hybridized carbons (Fsp3) is 0.0833. The van der Waals surface area contributed by atoms with Gasteiger partial charge in [0, 0.05) is 5.69 Å². The minimum atomic E-state index is -1.30. The Bertz CT molecular complexity index is 542. The van der Waals surface area contributed by atoms with Gasteiger partial charge in [-0.1, -0.05) is 5.92 Å². The van der Waals surface area contributed by atoms with Crippen LogP contribution in [0.5, 0.6) is 0 Å². The molecule has 0 aliphatic rings. The van der Waals surface area contributed by atoms with Crippen LogP contribution in [-0.4, -0.2) is 34.7 Å². The number of aromatic carboxylic acids is 2.